The van der Waals surface area contributed by atoms with Crippen LogP contribution in [0.25, 0.3) is 90.9 Å². The minimum absolute atomic E-state index is 0.0585. The molecule has 8 bridgehead atoms. The molecule has 58 heavy (non-hydrogen) atoms. The standard InChI is InChI=1S/C44H30N4O8.ClH.Cu/c49-29-5-1-6-30(50)41(29)37-21-13-15-23(45-21)38(42-31(51)7-2-8-32(42)52)25-17-19-27(47-25)40(44-35(55)11-4-12-36(44)56)28-20-18-26(48-28)39(24-16-14-22(37)46-24)43-33(53)9-3-10-34(43)54;;/h1-20,45,48-56H;1H;/q;;+1/p-1. The third kappa shape index (κ3) is 6.29. The number of benzene rings is 4. The van der Waals surface area contributed by atoms with Crippen LogP contribution in [0.2, 0.25) is 0 Å². The summed E-state index contributed by atoms with van der Waals surface area (Å²) in [5.41, 5.74) is 3.95. The molecule has 9 rings (SSSR count). The van der Waals surface area contributed by atoms with E-state index in [1.54, 1.807) is 48.6 Å². The molecule has 4 aromatic carbocycles. The number of aromatic nitrogens is 4. The van der Waals surface area contributed by atoms with Gasteiger partial charge in [0, 0.05) is 44.3 Å². The number of nitrogens with one attached hydrogen (secondary N) is 2. The van der Waals surface area contributed by atoms with Gasteiger partial charge in [0.15, 0.2) is 0 Å². The van der Waals surface area contributed by atoms with Gasteiger partial charge in [-0.15, -0.1) is 0 Å². The zero-order valence-electron chi connectivity index (χ0n) is 29.7. The average Bonchev–Trinajstić information content (AvgIpc) is 4.04. The fourth-order valence-corrected chi connectivity index (χ4v) is 7.40. The second-order valence-electron chi connectivity index (χ2n) is 13.2. The van der Waals surface area contributed by atoms with E-state index in [9.17, 15) is 40.9 Å². The quantitative estimate of drug-likeness (QED) is 0.0756. The second-order valence-corrected chi connectivity index (χ2v) is 13.2. The molecule has 0 fully saturated rings. The Morgan fingerprint density at radius 1 is 0.310 bits per heavy atom. The van der Waals surface area contributed by atoms with Gasteiger partial charge in [0.05, 0.1) is 45.0 Å². The minimum atomic E-state index is -0.243. The van der Waals surface area contributed by atoms with Crippen LogP contribution < -0.4 is 0 Å². The normalized spacial score (nSPS) is 11.7. The molecule has 0 amide bonds. The molecule has 3 aromatic heterocycles. The van der Waals surface area contributed by atoms with Gasteiger partial charge >= 0.3 is 25.2 Å². The Morgan fingerprint density at radius 3 is 0.690 bits per heavy atom. The van der Waals surface area contributed by atoms with E-state index in [4.69, 9.17) is 9.97 Å². The van der Waals surface area contributed by atoms with Crippen molar-refractivity contribution in [2.75, 3.05) is 0 Å². The molecule has 5 heterocycles. The van der Waals surface area contributed by atoms with Crippen LogP contribution in [0.5, 0.6) is 46.0 Å². The molecule has 7 aromatic rings. The molecule has 0 atom stereocenters. The fraction of sp³-hybridized carbons (Fsp3) is 0. The van der Waals surface area contributed by atoms with Crippen LogP contribution in [-0.2, 0) is 15.1 Å². The summed E-state index contributed by atoms with van der Waals surface area (Å²) in [7, 11) is 4.20. The predicted octanol–water partition coefficient (Wildman–Crippen LogP) is 9.66. The van der Waals surface area contributed by atoms with E-state index in [1.165, 1.54) is 72.8 Å². The predicted molar refractivity (Wildman–Crippen MR) is 220 cm³/mol. The zero-order valence-corrected chi connectivity index (χ0v) is 31.4. The summed E-state index contributed by atoms with van der Waals surface area (Å²) in [4.78, 5) is 16.6. The molecule has 10 N–H and O–H groups in total. The van der Waals surface area contributed by atoms with E-state index < -0.39 is 0 Å². The van der Waals surface area contributed by atoms with E-state index in [0.717, 1.165) is 0 Å². The van der Waals surface area contributed by atoms with Crippen molar-refractivity contribution in [3.05, 3.63) is 120 Å². The molecule has 292 valence electrons. The van der Waals surface area contributed by atoms with Gasteiger partial charge in [-0.25, -0.2) is 9.97 Å². The molecule has 0 radical (unpaired) electrons. The molecular weight excluding hydrogens is 812 g/mol. The van der Waals surface area contributed by atoms with Crippen molar-refractivity contribution in [3.8, 4) is 90.5 Å². The number of hydrogen-bond acceptors (Lipinski definition) is 10. The third-order valence-electron chi connectivity index (χ3n) is 9.84. The number of aromatic amines is 2. The maximum absolute atomic E-state index is 11.2. The third-order valence-corrected chi connectivity index (χ3v) is 9.84. The van der Waals surface area contributed by atoms with Gasteiger partial charge in [0.1, 0.15) is 46.0 Å². The van der Waals surface area contributed by atoms with Crippen molar-refractivity contribution < 1.29 is 56.0 Å². The van der Waals surface area contributed by atoms with E-state index >= 15 is 0 Å². The van der Waals surface area contributed by atoms with Crippen molar-refractivity contribution in [2.24, 2.45) is 0 Å². The molecule has 0 aliphatic carbocycles. The van der Waals surface area contributed by atoms with Crippen LogP contribution in [0, 0.1) is 0 Å². The molecule has 0 spiro atoms. The van der Waals surface area contributed by atoms with E-state index in [-0.39, 0.29) is 113 Å². The summed E-state index contributed by atoms with van der Waals surface area (Å²) >= 11 is 3.66. The first-order chi connectivity index (χ1) is 28.1. The van der Waals surface area contributed by atoms with Crippen LogP contribution in [0.4, 0.5) is 0 Å². The van der Waals surface area contributed by atoms with Crippen molar-refractivity contribution in [3.63, 3.8) is 0 Å². The first-order valence-electron chi connectivity index (χ1n) is 17.4. The van der Waals surface area contributed by atoms with Crippen molar-refractivity contribution in [1.29, 1.82) is 0 Å². The van der Waals surface area contributed by atoms with Gasteiger partial charge in [-0.05, 0) is 97.1 Å². The molecule has 0 saturated heterocycles. The molecular formula is C44H30ClCuN4O8. The van der Waals surface area contributed by atoms with Crippen molar-refractivity contribution in [2.45, 2.75) is 0 Å². The summed E-state index contributed by atoms with van der Waals surface area (Å²) < 4.78 is 0. The van der Waals surface area contributed by atoms with Crippen LogP contribution in [-0.4, -0.2) is 60.8 Å². The number of hydrogen-bond donors (Lipinski definition) is 10. The maximum atomic E-state index is 11.2. The summed E-state index contributed by atoms with van der Waals surface area (Å²) in [5, 5.41) is 89.6. The summed E-state index contributed by atoms with van der Waals surface area (Å²) in [6.45, 7) is 0. The molecule has 0 saturated carbocycles. The number of phenolic OH excluding ortho intramolecular Hbond substituents is 8. The number of phenols is 8. The van der Waals surface area contributed by atoms with E-state index in [2.05, 4.69) is 35.2 Å². The number of rotatable bonds is 4. The SMILES string of the molecule is Oc1cccc(O)c1-c1c2nc(c(-c3c(O)cccc3O)c3ccc([nH]3)c(-c3c(O)cccc3O)c3nc(c(-c4c(O)cccc4O)c4ccc1[nH]4)C=C3)C=C2.[Cl][Cu]. The zero-order chi connectivity index (χ0) is 40.8. The van der Waals surface area contributed by atoms with E-state index in [0.29, 0.717) is 22.1 Å². The van der Waals surface area contributed by atoms with Crippen LogP contribution in [0.1, 0.15) is 22.8 Å². The summed E-state index contributed by atoms with van der Waals surface area (Å²) in [6, 6.07) is 24.2. The first-order valence-corrected chi connectivity index (χ1v) is 18.7. The van der Waals surface area contributed by atoms with Gasteiger partial charge in [0.2, 0.25) is 0 Å². The van der Waals surface area contributed by atoms with Crippen LogP contribution >= 0.6 is 10.1 Å². The van der Waals surface area contributed by atoms with E-state index in [1.807, 2.05) is 0 Å². The Labute approximate surface area is 341 Å². The summed E-state index contributed by atoms with van der Waals surface area (Å²) in [5.74, 6) is -1.95. The Hall–Kier alpha value is -7.31. The van der Waals surface area contributed by atoms with Crippen LogP contribution in [0.15, 0.2) is 97.1 Å². The Kier molecular flexibility index (Phi) is 9.71. The van der Waals surface area contributed by atoms with Gasteiger partial charge in [0.25, 0.3) is 0 Å². The average molecular weight is 842 g/mol. The Bertz CT molecular complexity index is 2570. The first kappa shape index (κ1) is 37.6. The second kappa shape index (κ2) is 15.0. The monoisotopic (exact) mass is 840 g/mol. The van der Waals surface area contributed by atoms with Crippen molar-refractivity contribution >= 4 is 56.5 Å². The molecule has 0 unspecified atom stereocenters. The fourth-order valence-electron chi connectivity index (χ4n) is 7.40. The Balaban J connectivity index is 0.00000231. The van der Waals surface area contributed by atoms with Gasteiger partial charge in [-0.3, -0.25) is 0 Å². The Morgan fingerprint density at radius 2 is 0.500 bits per heavy atom. The van der Waals surface area contributed by atoms with Gasteiger partial charge in [-0.2, -0.15) is 0 Å². The van der Waals surface area contributed by atoms with Crippen LogP contribution in [0.3, 0.4) is 0 Å². The van der Waals surface area contributed by atoms with Gasteiger partial charge < -0.3 is 50.8 Å². The topological polar surface area (TPSA) is 219 Å². The van der Waals surface area contributed by atoms with Gasteiger partial charge in [-0.1, -0.05) is 24.3 Å². The molecule has 2 aliphatic rings. The number of H-pyrrole nitrogens is 2. The number of aromatic hydroxyl groups is 8. The molecule has 12 nitrogen and oxygen atoms in total. The summed E-state index contributed by atoms with van der Waals surface area (Å²) in [6.07, 6.45) is 6.66. The molecule has 14 heteroatoms. The number of nitrogens with zero attached hydrogens (tertiary/aromatic N) is 2. The number of halogens is 1. The molecule has 2 aliphatic heterocycles. The number of fused-ring (bicyclic) bond motifs is 8. The van der Waals surface area contributed by atoms with Crippen molar-refractivity contribution in [1.82, 2.24) is 19.9 Å².